The molecule has 114 valence electrons. The van der Waals surface area contributed by atoms with Gasteiger partial charge in [0.15, 0.2) is 0 Å². The van der Waals surface area contributed by atoms with Crippen LogP contribution in [0, 0.1) is 5.92 Å². The van der Waals surface area contributed by atoms with E-state index >= 15 is 0 Å². The van der Waals surface area contributed by atoms with Crippen molar-refractivity contribution < 1.29 is 9.59 Å². The zero-order valence-corrected chi connectivity index (χ0v) is 13.5. The van der Waals surface area contributed by atoms with Gasteiger partial charge in [0.1, 0.15) is 0 Å². The van der Waals surface area contributed by atoms with E-state index < -0.39 is 0 Å². The molecule has 0 saturated carbocycles. The van der Waals surface area contributed by atoms with Crippen LogP contribution >= 0.6 is 23.3 Å². The van der Waals surface area contributed by atoms with Gasteiger partial charge in [0.25, 0.3) is 0 Å². The standard InChI is InChI=1S/C14H14N4O2S2/c1-9(19)18-7-10(8-18)12(20)15-13-16-14(17-22-13)21-11-5-3-2-4-6-11/h2-6,10H,7-8H2,1H3,(H,15,16,17,20). The zero-order chi connectivity index (χ0) is 15.5. The topological polar surface area (TPSA) is 75.2 Å². The zero-order valence-electron chi connectivity index (χ0n) is 11.9. The van der Waals surface area contributed by atoms with Crippen LogP contribution < -0.4 is 5.32 Å². The molecule has 2 heterocycles. The number of hydrogen-bond donors (Lipinski definition) is 1. The van der Waals surface area contributed by atoms with E-state index in [0.717, 1.165) is 16.4 Å². The number of carbonyl (C=O) groups is 2. The molecule has 1 saturated heterocycles. The van der Waals surface area contributed by atoms with Crippen molar-refractivity contribution in [1.29, 1.82) is 0 Å². The van der Waals surface area contributed by atoms with Crippen LogP contribution in [0.15, 0.2) is 40.4 Å². The Kier molecular flexibility index (Phi) is 4.39. The van der Waals surface area contributed by atoms with Crippen LogP contribution in [0.2, 0.25) is 0 Å². The molecule has 2 aromatic rings. The van der Waals surface area contributed by atoms with Crippen LogP contribution in [0.1, 0.15) is 6.92 Å². The van der Waals surface area contributed by atoms with Gasteiger partial charge < -0.3 is 10.2 Å². The molecule has 1 aliphatic heterocycles. The van der Waals surface area contributed by atoms with Crippen molar-refractivity contribution in [3.8, 4) is 0 Å². The number of likely N-dealkylation sites (tertiary alicyclic amines) is 1. The molecule has 0 atom stereocenters. The lowest BCUT2D eigenvalue weighted by Gasteiger charge is -2.37. The van der Waals surface area contributed by atoms with Gasteiger partial charge in [-0.2, -0.15) is 9.36 Å². The Hall–Kier alpha value is -1.93. The molecule has 8 heteroatoms. The molecule has 0 radical (unpaired) electrons. The Balaban J connectivity index is 1.54. The van der Waals surface area contributed by atoms with Gasteiger partial charge >= 0.3 is 0 Å². The van der Waals surface area contributed by atoms with Crippen molar-refractivity contribution in [2.24, 2.45) is 5.92 Å². The van der Waals surface area contributed by atoms with Crippen LogP contribution in [0.25, 0.3) is 0 Å². The predicted molar refractivity (Wildman–Crippen MR) is 84.8 cm³/mol. The highest BCUT2D eigenvalue weighted by atomic mass is 32.2. The summed E-state index contributed by atoms with van der Waals surface area (Å²) in [5.74, 6) is -0.260. The van der Waals surface area contributed by atoms with Crippen molar-refractivity contribution in [2.75, 3.05) is 18.4 Å². The van der Waals surface area contributed by atoms with Crippen LogP contribution in [-0.4, -0.2) is 39.2 Å². The lowest BCUT2D eigenvalue weighted by Crippen LogP contribution is -2.53. The van der Waals surface area contributed by atoms with Crippen molar-refractivity contribution in [3.05, 3.63) is 30.3 Å². The Morgan fingerprint density at radius 2 is 2.05 bits per heavy atom. The molecule has 1 aliphatic rings. The van der Waals surface area contributed by atoms with E-state index in [1.165, 1.54) is 18.7 Å². The van der Waals surface area contributed by atoms with Crippen molar-refractivity contribution in [2.45, 2.75) is 17.0 Å². The second-order valence-electron chi connectivity index (χ2n) is 4.91. The number of nitrogens with one attached hydrogen (secondary N) is 1. The van der Waals surface area contributed by atoms with Crippen LogP contribution in [-0.2, 0) is 9.59 Å². The Morgan fingerprint density at radius 3 is 2.73 bits per heavy atom. The number of carbonyl (C=O) groups excluding carboxylic acids is 2. The molecule has 22 heavy (non-hydrogen) atoms. The number of aromatic nitrogens is 2. The Bertz CT molecular complexity index is 683. The number of nitrogens with zero attached hydrogens (tertiary/aromatic N) is 3. The van der Waals surface area contributed by atoms with Gasteiger partial charge in [-0.15, -0.1) is 0 Å². The fourth-order valence-electron chi connectivity index (χ4n) is 2.01. The summed E-state index contributed by atoms with van der Waals surface area (Å²) < 4.78 is 4.23. The van der Waals surface area contributed by atoms with Gasteiger partial charge in [-0.1, -0.05) is 18.2 Å². The van der Waals surface area contributed by atoms with E-state index in [-0.39, 0.29) is 17.7 Å². The normalized spacial score (nSPS) is 14.5. The third-order valence-corrected chi connectivity index (χ3v) is 4.91. The summed E-state index contributed by atoms with van der Waals surface area (Å²) in [6, 6.07) is 9.82. The molecule has 0 spiro atoms. The van der Waals surface area contributed by atoms with Gasteiger partial charge in [-0.25, -0.2) is 0 Å². The molecule has 0 aliphatic carbocycles. The van der Waals surface area contributed by atoms with Crippen molar-refractivity contribution in [3.63, 3.8) is 0 Å². The molecule has 2 amide bonds. The van der Waals surface area contributed by atoms with Crippen molar-refractivity contribution in [1.82, 2.24) is 14.3 Å². The van der Waals surface area contributed by atoms with E-state index in [4.69, 9.17) is 0 Å². The third-order valence-electron chi connectivity index (χ3n) is 3.29. The average molecular weight is 334 g/mol. The molecule has 1 aromatic carbocycles. The second-order valence-corrected chi connectivity index (χ2v) is 6.70. The fourth-order valence-corrected chi connectivity index (χ4v) is 3.44. The number of rotatable bonds is 4. The molecule has 1 aromatic heterocycles. The highest BCUT2D eigenvalue weighted by Gasteiger charge is 2.34. The van der Waals surface area contributed by atoms with E-state index in [2.05, 4.69) is 14.7 Å². The molecule has 3 rings (SSSR count). The maximum Gasteiger partial charge on any atom is 0.232 e. The highest BCUT2D eigenvalue weighted by molar-refractivity contribution is 7.99. The summed E-state index contributed by atoms with van der Waals surface area (Å²) >= 11 is 2.61. The lowest BCUT2D eigenvalue weighted by atomic mass is 9.99. The van der Waals surface area contributed by atoms with Gasteiger partial charge in [-0.05, 0) is 23.9 Å². The minimum absolute atomic E-state index is 0.00140. The smallest absolute Gasteiger partial charge is 0.232 e. The number of anilines is 1. The minimum Gasteiger partial charge on any atom is -0.341 e. The molecule has 1 fully saturated rings. The largest absolute Gasteiger partial charge is 0.341 e. The minimum atomic E-state index is -0.155. The summed E-state index contributed by atoms with van der Waals surface area (Å²) in [5, 5.41) is 3.87. The quantitative estimate of drug-likeness (QED) is 0.927. The predicted octanol–water partition coefficient (Wildman–Crippen LogP) is 2.11. The van der Waals surface area contributed by atoms with Gasteiger partial charge in [-0.3, -0.25) is 9.59 Å². The van der Waals surface area contributed by atoms with Gasteiger partial charge in [0.05, 0.1) is 5.92 Å². The first kappa shape index (κ1) is 15.0. The summed E-state index contributed by atoms with van der Waals surface area (Å²) in [4.78, 5) is 30.1. The Morgan fingerprint density at radius 1 is 1.32 bits per heavy atom. The molecular formula is C14H14N4O2S2. The summed E-state index contributed by atoms with van der Waals surface area (Å²) in [6.45, 7) is 2.46. The molecule has 1 N–H and O–H groups in total. The first-order chi connectivity index (χ1) is 10.6. The van der Waals surface area contributed by atoms with E-state index in [1.807, 2.05) is 30.3 Å². The Labute approximate surface area is 136 Å². The van der Waals surface area contributed by atoms with Crippen molar-refractivity contribution >= 4 is 40.2 Å². The van der Waals surface area contributed by atoms with Crippen LogP contribution in [0.4, 0.5) is 5.13 Å². The first-order valence-electron chi connectivity index (χ1n) is 6.75. The molecule has 6 nitrogen and oxygen atoms in total. The van der Waals surface area contributed by atoms with Crippen LogP contribution in [0.3, 0.4) is 0 Å². The van der Waals surface area contributed by atoms with Gasteiger partial charge in [0, 0.05) is 36.4 Å². The SMILES string of the molecule is CC(=O)N1CC(C(=O)Nc2nc(Sc3ccccc3)ns2)C1. The second kappa shape index (κ2) is 6.45. The summed E-state index contributed by atoms with van der Waals surface area (Å²) in [5.41, 5.74) is 0. The number of hydrogen-bond acceptors (Lipinski definition) is 6. The van der Waals surface area contributed by atoms with E-state index in [0.29, 0.717) is 23.4 Å². The molecule has 0 bridgehead atoms. The monoisotopic (exact) mass is 334 g/mol. The highest BCUT2D eigenvalue weighted by Crippen LogP contribution is 2.27. The summed E-state index contributed by atoms with van der Waals surface area (Å²) in [6.07, 6.45) is 0. The average Bonchev–Trinajstić information content (AvgIpc) is 2.84. The third kappa shape index (κ3) is 3.45. The van der Waals surface area contributed by atoms with E-state index in [1.54, 1.807) is 4.90 Å². The number of amides is 2. The van der Waals surface area contributed by atoms with E-state index in [9.17, 15) is 9.59 Å². The van der Waals surface area contributed by atoms with Gasteiger partial charge in [0.2, 0.25) is 22.1 Å². The maximum absolute atomic E-state index is 12.0. The molecule has 0 unspecified atom stereocenters. The number of benzene rings is 1. The fraction of sp³-hybridized carbons (Fsp3) is 0.286. The maximum atomic E-state index is 12.0. The first-order valence-corrected chi connectivity index (χ1v) is 8.34. The summed E-state index contributed by atoms with van der Waals surface area (Å²) in [7, 11) is 0. The molecular weight excluding hydrogens is 320 g/mol. The van der Waals surface area contributed by atoms with Crippen LogP contribution in [0.5, 0.6) is 0 Å². The lowest BCUT2D eigenvalue weighted by molar-refractivity contribution is -0.139.